The molecule has 0 radical (unpaired) electrons. The number of hydrogen-bond acceptors (Lipinski definition) is 2. The van der Waals surface area contributed by atoms with Gasteiger partial charge < -0.3 is 10.2 Å². The molecule has 1 fully saturated rings. The largest absolute Gasteiger partial charge is 0.342 e. The van der Waals surface area contributed by atoms with Crippen LogP contribution in [-0.4, -0.2) is 22.8 Å². The van der Waals surface area contributed by atoms with Crippen LogP contribution in [0.5, 0.6) is 0 Å². The van der Waals surface area contributed by atoms with Gasteiger partial charge in [-0.05, 0) is 18.1 Å². The van der Waals surface area contributed by atoms with E-state index in [-0.39, 0.29) is 11.8 Å². The maximum absolute atomic E-state index is 12.6. The lowest BCUT2D eigenvalue weighted by Crippen LogP contribution is -2.57. The highest BCUT2D eigenvalue weighted by Gasteiger charge is 2.39. The van der Waals surface area contributed by atoms with Crippen LogP contribution in [0.2, 0.25) is 0 Å². The Balaban J connectivity index is 1.96. The molecule has 0 aliphatic carbocycles. The summed E-state index contributed by atoms with van der Waals surface area (Å²) in [5, 5.41) is 2.76. The second-order valence-corrected chi connectivity index (χ2v) is 5.50. The molecule has 1 aliphatic rings. The third kappa shape index (κ3) is 2.72. The van der Waals surface area contributed by atoms with Crippen molar-refractivity contribution >= 4 is 11.8 Å². The summed E-state index contributed by atoms with van der Waals surface area (Å²) in [5.74, 6) is -0.188. The van der Waals surface area contributed by atoms with Crippen LogP contribution >= 0.6 is 0 Å². The van der Waals surface area contributed by atoms with Gasteiger partial charge in [0.25, 0.3) is 0 Å². The van der Waals surface area contributed by atoms with E-state index in [9.17, 15) is 9.59 Å². The third-order valence-corrected chi connectivity index (χ3v) is 3.88. The van der Waals surface area contributed by atoms with Crippen molar-refractivity contribution in [1.29, 1.82) is 0 Å². The molecule has 1 saturated heterocycles. The van der Waals surface area contributed by atoms with Crippen LogP contribution in [0.1, 0.15) is 24.1 Å². The van der Waals surface area contributed by atoms with Crippen LogP contribution in [0.25, 0.3) is 0 Å². The SMILES string of the molecule is C[C@H]1NC(=O)[C@H](c2ccccc2)N(Cc2ccccc2)C1=O. The fourth-order valence-electron chi connectivity index (χ4n) is 2.79. The van der Waals surface area contributed by atoms with Crippen molar-refractivity contribution in [3.63, 3.8) is 0 Å². The van der Waals surface area contributed by atoms with Gasteiger partial charge in [0.05, 0.1) is 0 Å². The number of nitrogens with zero attached hydrogens (tertiary/aromatic N) is 1. The molecule has 1 aliphatic heterocycles. The van der Waals surface area contributed by atoms with Gasteiger partial charge in [-0.25, -0.2) is 0 Å². The first-order valence-corrected chi connectivity index (χ1v) is 7.36. The van der Waals surface area contributed by atoms with Crippen molar-refractivity contribution < 1.29 is 9.59 Å². The number of carbonyl (C=O) groups is 2. The molecule has 0 aromatic heterocycles. The average Bonchev–Trinajstić information content (AvgIpc) is 2.54. The predicted molar refractivity (Wildman–Crippen MR) is 83.8 cm³/mol. The molecule has 112 valence electrons. The summed E-state index contributed by atoms with van der Waals surface area (Å²) in [6.07, 6.45) is 0. The topological polar surface area (TPSA) is 49.4 Å². The Morgan fingerprint density at radius 3 is 2.18 bits per heavy atom. The van der Waals surface area contributed by atoms with Gasteiger partial charge in [-0.2, -0.15) is 0 Å². The standard InChI is InChI=1S/C18H18N2O2/c1-13-18(22)20(12-14-8-4-2-5-9-14)16(17(21)19-13)15-10-6-3-7-11-15/h2-11,13,16H,12H2,1H3,(H,19,21)/t13-,16+/m1/s1. The maximum atomic E-state index is 12.6. The van der Waals surface area contributed by atoms with Gasteiger partial charge in [-0.15, -0.1) is 0 Å². The Bertz CT molecular complexity index is 670. The van der Waals surface area contributed by atoms with E-state index in [1.54, 1.807) is 11.8 Å². The van der Waals surface area contributed by atoms with Gasteiger partial charge in [-0.1, -0.05) is 60.7 Å². The predicted octanol–water partition coefficient (Wildman–Crippen LogP) is 2.27. The molecule has 1 N–H and O–H groups in total. The molecule has 0 spiro atoms. The van der Waals surface area contributed by atoms with Crippen molar-refractivity contribution in [1.82, 2.24) is 10.2 Å². The lowest BCUT2D eigenvalue weighted by Gasteiger charge is -2.38. The van der Waals surface area contributed by atoms with Crippen LogP contribution in [0.3, 0.4) is 0 Å². The van der Waals surface area contributed by atoms with Crippen LogP contribution in [0.15, 0.2) is 60.7 Å². The summed E-state index contributed by atoms with van der Waals surface area (Å²) in [4.78, 5) is 26.7. The normalized spacial score (nSPS) is 21.6. The molecular weight excluding hydrogens is 276 g/mol. The summed E-state index contributed by atoms with van der Waals surface area (Å²) in [6, 6.07) is 18.1. The Labute approximate surface area is 129 Å². The third-order valence-electron chi connectivity index (χ3n) is 3.88. The summed E-state index contributed by atoms with van der Waals surface area (Å²) in [5.41, 5.74) is 1.84. The lowest BCUT2D eigenvalue weighted by atomic mass is 9.99. The van der Waals surface area contributed by atoms with Crippen LogP contribution < -0.4 is 5.32 Å². The molecule has 0 unspecified atom stereocenters. The number of hydrogen-bond donors (Lipinski definition) is 1. The quantitative estimate of drug-likeness (QED) is 0.944. The van der Waals surface area contributed by atoms with Gasteiger partial charge in [0, 0.05) is 6.54 Å². The fraction of sp³-hybridized carbons (Fsp3) is 0.222. The van der Waals surface area contributed by atoms with E-state index in [2.05, 4.69) is 5.32 Å². The van der Waals surface area contributed by atoms with Crippen molar-refractivity contribution in [2.45, 2.75) is 25.6 Å². The van der Waals surface area contributed by atoms with Crippen LogP contribution in [-0.2, 0) is 16.1 Å². The summed E-state index contributed by atoms with van der Waals surface area (Å²) >= 11 is 0. The number of nitrogens with one attached hydrogen (secondary N) is 1. The maximum Gasteiger partial charge on any atom is 0.248 e. The van der Waals surface area contributed by atoms with E-state index in [4.69, 9.17) is 0 Å². The second-order valence-electron chi connectivity index (χ2n) is 5.50. The molecule has 1 heterocycles. The Morgan fingerprint density at radius 1 is 0.955 bits per heavy atom. The molecule has 0 bridgehead atoms. The molecule has 2 amide bonds. The number of carbonyl (C=O) groups excluding carboxylic acids is 2. The van der Waals surface area contributed by atoms with E-state index in [0.29, 0.717) is 6.54 Å². The zero-order valence-electron chi connectivity index (χ0n) is 12.4. The second kappa shape index (κ2) is 6.02. The molecule has 4 nitrogen and oxygen atoms in total. The first-order chi connectivity index (χ1) is 10.7. The van der Waals surface area contributed by atoms with Gasteiger partial charge in [0.1, 0.15) is 12.1 Å². The van der Waals surface area contributed by atoms with Crippen molar-refractivity contribution in [2.75, 3.05) is 0 Å². The number of piperazine rings is 1. The van der Waals surface area contributed by atoms with E-state index in [1.165, 1.54) is 0 Å². The van der Waals surface area contributed by atoms with Crippen LogP contribution in [0, 0.1) is 0 Å². The lowest BCUT2D eigenvalue weighted by molar-refractivity contribution is -0.149. The van der Waals surface area contributed by atoms with E-state index >= 15 is 0 Å². The molecular formula is C18H18N2O2. The van der Waals surface area contributed by atoms with Crippen molar-refractivity contribution in [3.05, 3.63) is 71.8 Å². The van der Waals surface area contributed by atoms with Gasteiger partial charge in [0.2, 0.25) is 11.8 Å². The van der Waals surface area contributed by atoms with Crippen molar-refractivity contribution in [2.24, 2.45) is 0 Å². The van der Waals surface area contributed by atoms with Gasteiger partial charge >= 0.3 is 0 Å². The Kier molecular flexibility index (Phi) is 3.92. The van der Waals surface area contributed by atoms with Crippen molar-refractivity contribution in [3.8, 4) is 0 Å². The number of amides is 2. The molecule has 4 heteroatoms. The number of rotatable bonds is 3. The zero-order chi connectivity index (χ0) is 15.5. The molecule has 2 aromatic rings. The zero-order valence-corrected chi connectivity index (χ0v) is 12.4. The average molecular weight is 294 g/mol. The number of benzene rings is 2. The summed E-state index contributed by atoms with van der Waals surface area (Å²) in [6.45, 7) is 2.15. The molecule has 3 rings (SSSR count). The van der Waals surface area contributed by atoms with Gasteiger partial charge in [-0.3, -0.25) is 9.59 Å². The minimum Gasteiger partial charge on any atom is -0.342 e. The smallest absolute Gasteiger partial charge is 0.248 e. The highest BCUT2D eigenvalue weighted by Crippen LogP contribution is 2.27. The molecule has 22 heavy (non-hydrogen) atoms. The monoisotopic (exact) mass is 294 g/mol. The molecule has 0 saturated carbocycles. The first-order valence-electron chi connectivity index (χ1n) is 7.36. The summed E-state index contributed by atoms with van der Waals surface area (Å²) in [7, 11) is 0. The highest BCUT2D eigenvalue weighted by atomic mass is 16.2. The molecule has 2 atom stereocenters. The fourth-order valence-corrected chi connectivity index (χ4v) is 2.79. The highest BCUT2D eigenvalue weighted by molar-refractivity contribution is 5.97. The van der Waals surface area contributed by atoms with Gasteiger partial charge in [0.15, 0.2) is 0 Å². The minimum absolute atomic E-state index is 0.0580. The first kappa shape index (κ1) is 14.3. The van der Waals surface area contributed by atoms with E-state index in [0.717, 1.165) is 11.1 Å². The Hall–Kier alpha value is -2.62. The minimum atomic E-state index is -0.579. The Morgan fingerprint density at radius 2 is 1.55 bits per heavy atom. The summed E-state index contributed by atoms with van der Waals surface area (Å²) < 4.78 is 0. The van der Waals surface area contributed by atoms with Crippen LogP contribution in [0.4, 0.5) is 0 Å². The molecule has 2 aromatic carbocycles. The van der Waals surface area contributed by atoms with E-state index < -0.39 is 12.1 Å². The van der Waals surface area contributed by atoms with E-state index in [1.807, 2.05) is 60.7 Å².